The van der Waals surface area contributed by atoms with Gasteiger partial charge in [-0.05, 0) is 36.4 Å². The van der Waals surface area contributed by atoms with Crippen molar-refractivity contribution in [3.63, 3.8) is 0 Å². The number of hydrogen-bond donors (Lipinski definition) is 5. The molecule has 6 rings (SSSR count). The van der Waals surface area contributed by atoms with Gasteiger partial charge in [0.05, 0.1) is 23.2 Å². The van der Waals surface area contributed by atoms with Gasteiger partial charge in [-0.25, -0.2) is 9.37 Å². The molecule has 5 heterocycles. The van der Waals surface area contributed by atoms with Crippen molar-refractivity contribution in [2.45, 2.75) is 32.4 Å². The molecule has 0 radical (unpaired) electrons. The summed E-state index contributed by atoms with van der Waals surface area (Å²) >= 11 is 0. The van der Waals surface area contributed by atoms with Crippen LogP contribution in [0.5, 0.6) is 0 Å². The maximum absolute atomic E-state index is 15.4. The van der Waals surface area contributed by atoms with Gasteiger partial charge in [0.2, 0.25) is 5.91 Å². The highest BCUT2D eigenvalue weighted by atomic mass is 19.1. The molecular weight excluding hydrogens is 463 g/mol. The molecule has 2 aliphatic rings. The molecule has 11 heteroatoms. The Morgan fingerprint density at radius 2 is 2.00 bits per heavy atom. The maximum atomic E-state index is 15.4. The molecule has 0 saturated heterocycles. The number of carbonyl (C=O) groups excluding carboxylic acids is 1. The van der Waals surface area contributed by atoms with Crippen LogP contribution in [-0.4, -0.2) is 43.9 Å². The molecule has 0 spiro atoms. The van der Waals surface area contributed by atoms with Crippen LogP contribution in [-0.2, 0) is 17.8 Å². The molecular formula is C25H25FN8O2. The van der Waals surface area contributed by atoms with Crippen LogP contribution in [0.4, 0.5) is 27.4 Å². The van der Waals surface area contributed by atoms with E-state index < -0.39 is 11.9 Å². The van der Waals surface area contributed by atoms with Crippen LogP contribution in [0.15, 0.2) is 30.6 Å². The number of fused-ring (bicyclic) bond motifs is 3. The number of benzene rings is 1. The van der Waals surface area contributed by atoms with Gasteiger partial charge in [-0.3, -0.25) is 14.5 Å². The van der Waals surface area contributed by atoms with Gasteiger partial charge < -0.3 is 26.8 Å². The van der Waals surface area contributed by atoms with Gasteiger partial charge in [0, 0.05) is 60.2 Å². The van der Waals surface area contributed by atoms with Crippen molar-refractivity contribution < 1.29 is 14.3 Å². The van der Waals surface area contributed by atoms with Gasteiger partial charge in [0.15, 0.2) is 11.6 Å². The lowest BCUT2D eigenvalue weighted by Crippen LogP contribution is -2.25. The summed E-state index contributed by atoms with van der Waals surface area (Å²) in [5.74, 6) is 0.472. The third-order valence-corrected chi connectivity index (χ3v) is 6.81. The zero-order valence-corrected chi connectivity index (χ0v) is 19.6. The van der Waals surface area contributed by atoms with Gasteiger partial charge in [-0.15, -0.1) is 0 Å². The Hall–Kier alpha value is -4.25. The first-order valence-electron chi connectivity index (χ1n) is 11.8. The van der Waals surface area contributed by atoms with Crippen LogP contribution in [0.2, 0.25) is 0 Å². The van der Waals surface area contributed by atoms with Crippen molar-refractivity contribution in [3.05, 3.63) is 53.4 Å². The Kier molecular flexibility index (Phi) is 5.22. The molecule has 0 unspecified atom stereocenters. The summed E-state index contributed by atoms with van der Waals surface area (Å²) in [5.41, 5.74) is 10.2. The summed E-state index contributed by atoms with van der Waals surface area (Å²) in [6.07, 6.45) is 3.73. The highest BCUT2D eigenvalue weighted by molar-refractivity contribution is 5.98. The van der Waals surface area contributed by atoms with E-state index in [0.29, 0.717) is 65.2 Å². The van der Waals surface area contributed by atoms with Crippen LogP contribution in [0.3, 0.4) is 0 Å². The average molecular weight is 489 g/mol. The molecule has 10 nitrogen and oxygen atoms in total. The number of nitrogen functional groups attached to an aromatic ring is 1. The fourth-order valence-corrected chi connectivity index (χ4v) is 4.91. The van der Waals surface area contributed by atoms with Crippen LogP contribution in [0.1, 0.15) is 29.5 Å². The summed E-state index contributed by atoms with van der Waals surface area (Å²) in [7, 11) is 0. The van der Waals surface area contributed by atoms with Crippen molar-refractivity contribution in [2.75, 3.05) is 29.5 Å². The maximum Gasteiger partial charge on any atom is 0.241 e. The number of aliphatic hydroxyl groups excluding tert-OH is 1. The number of aliphatic hydroxyl groups is 1. The van der Waals surface area contributed by atoms with Crippen molar-refractivity contribution in [1.29, 1.82) is 0 Å². The third-order valence-electron chi connectivity index (χ3n) is 6.81. The minimum absolute atomic E-state index is 0.00591. The van der Waals surface area contributed by atoms with Gasteiger partial charge in [0.1, 0.15) is 12.4 Å². The van der Waals surface area contributed by atoms with Gasteiger partial charge in [-0.2, -0.15) is 5.10 Å². The molecule has 0 fully saturated rings. The zero-order chi connectivity index (χ0) is 25.0. The van der Waals surface area contributed by atoms with Crippen LogP contribution < -0.4 is 21.7 Å². The number of rotatable bonds is 3. The fraction of sp³-hybridized carbons (Fsp3) is 0.280. The Bertz CT molecular complexity index is 1530. The first-order valence-corrected chi connectivity index (χ1v) is 11.8. The molecule has 36 heavy (non-hydrogen) atoms. The van der Waals surface area contributed by atoms with Crippen LogP contribution in [0, 0.1) is 12.7 Å². The lowest BCUT2D eigenvalue weighted by Gasteiger charge is -2.25. The van der Waals surface area contributed by atoms with E-state index in [1.165, 1.54) is 6.20 Å². The number of pyridine rings is 2. The Morgan fingerprint density at radius 1 is 1.14 bits per heavy atom. The van der Waals surface area contributed by atoms with Crippen molar-refractivity contribution in [2.24, 2.45) is 0 Å². The SMILES string of the molecule is Cc1c(-c2cc3cc(Nc4cc5n(n4)CC(=O)NCC5)ncc3c(N)c2F)cnc2c1NCC[C@H]2O. The summed E-state index contributed by atoms with van der Waals surface area (Å²) < 4.78 is 17.1. The second kappa shape index (κ2) is 8.45. The number of halogens is 1. The van der Waals surface area contributed by atoms with E-state index in [-0.39, 0.29) is 18.1 Å². The Morgan fingerprint density at radius 3 is 2.86 bits per heavy atom. The molecule has 0 bridgehead atoms. The van der Waals surface area contributed by atoms with E-state index in [0.717, 1.165) is 16.9 Å². The van der Waals surface area contributed by atoms with Crippen molar-refractivity contribution in [1.82, 2.24) is 25.1 Å². The second-order valence-corrected chi connectivity index (χ2v) is 9.13. The number of nitrogens with one attached hydrogen (secondary N) is 3. The normalized spacial score (nSPS) is 17.1. The summed E-state index contributed by atoms with van der Waals surface area (Å²) in [6, 6.07) is 5.41. The quantitative estimate of drug-likeness (QED) is 0.277. The number of anilines is 4. The fourth-order valence-electron chi connectivity index (χ4n) is 4.91. The topological polar surface area (TPSA) is 143 Å². The lowest BCUT2D eigenvalue weighted by atomic mass is 9.94. The molecule has 0 saturated carbocycles. The smallest absolute Gasteiger partial charge is 0.241 e. The highest BCUT2D eigenvalue weighted by Gasteiger charge is 2.24. The number of carbonyl (C=O) groups is 1. The number of nitrogens with zero attached hydrogens (tertiary/aromatic N) is 4. The third kappa shape index (κ3) is 3.68. The summed E-state index contributed by atoms with van der Waals surface area (Å²) in [5, 5.41) is 25.2. The van der Waals surface area contributed by atoms with Crippen LogP contribution in [0.25, 0.3) is 21.9 Å². The molecule has 2 aliphatic heterocycles. The molecule has 6 N–H and O–H groups in total. The molecule has 1 amide bonds. The number of hydrogen-bond acceptors (Lipinski definition) is 8. The van der Waals surface area contributed by atoms with Crippen molar-refractivity contribution >= 4 is 39.7 Å². The van der Waals surface area contributed by atoms with E-state index in [4.69, 9.17) is 5.73 Å². The predicted octanol–water partition coefficient (Wildman–Crippen LogP) is 2.79. The largest absolute Gasteiger partial charge is 0.396 e. The number of amides is 1. The molecule has 184 valence electrons. The molecule has 1 aromatic carbocycles. The molecule has 3 aromatic heterocycles. The highest BCUT2D eigenvalue weighted by Crippen LogP contribution is 2.40. The van der Waals surface area contributed by atoms with Crippen LogP contribution >= 0.6 is 0 Å². The van der Waals surface area contributed by atoms with E-state index in [9.17, 15) is 9.90 Å². The van der Waals surface area contributed by atoms with Gasteiger partial charge in [0.25, 0.3) is 0 Å². The van der Waals surface area contributed by atoms with E-state index >= 15 is 4.39 Å². The lowest BCUT2D eigenvalue weighted by molar-refractivity contribution is -0.121. The van der Waals surface area contributed by atoms with E-state index in [1.54, 1.807) is 23.0 Å². The van der Waals surface area contributed by atoms with E-state index in [2.05, 4.69) is 31.0 Å². The first kappa shape index (κ1) is 22.2. The summed E-state index contributed by atoms with van der Waals surface area (Å²) in [6.45, 7) is 3.23. The number of nitrogens with two attached hydrogens (primary N) is 1. The van der Waals surface area contributed by atoms with Gasteiger partial charge >= 0.3 is 0 Å². The minimum atomic E-state index is -0.646. The monoisotopic (exact) mass is 488 g/mol. The minimum Gasteiger partial charge on any atom is -0.396 e. The average Bonchev–Trinajstić information content (AvgIpc) is 3.13. The molecule has 4 aromatic rings. The van der Waals surface area contributed by atoms with Gasteiger partial charge in [-0.1, -0.05) is 0 Å². The predicted molar refractivity (Wildman–Crippen MR) is 134 cm³/mol. The van der Waals surface area contributed by atoms with E-state index in [1.807, 2.05) is 13.0 Å². The Balaban J connectivity index is 1.39. The summed E-state index contributed by atoms with van der Waals surface area (Å²) in [4.78, 5) is 20.6. The van der Waals surface area contributed by atoms with Crippen molar-refractivity contribution in [3.8, 4) is 11.1 Å². The standard InChI is InChI=1S/C25H25FN8O2/c1-12-16(9-31-25-18(35)3-5-29-24(12)25)15-6-13-7-19(30-10-17(13)23(27)22(15)26)32-20-8-14-2-4-28-21(36)11-34(14)33-20/h6-10,18,29,35H,2-5,11,27H2,1H3,(H,28,36)(H,30,32,33)/t18-/m1/s1. The number of aromatic nitrogens is 4. The second-order valence-electron chi connectivity index (χ2n) is 9.13. The Labute approximate surface area is 205 Å². The molecule has 1 atom stereocenters. The molecule has 0 aliphatic carbocycles. The first-order chi connectivity index (χ1) is 17.4. The zero-order valence-electron chi connectivity index (χ0n) is 19.6.